The number of hydrogen-bond acceptors (Lipinski definition) is 10. The summed E-state index contributed by atoms with van der Waals surface area (Å²) in [5, 5.41) is 0. The molecular weight excluding hydrogens is 614 g/mol. The topological polar surface area (TPSA) is 132 Å². The number of carbonyl (C=O) groups excluding carboxylic acids is 5. The average molecular weight is 638 g/mol. The minimum Gasteiger partial charge on any atom is -0.455 e. The van der Waals surface area contributed by atoms with E-state index in [1.165, 1.54) is 0 Å². The van der Waals surface area contributed by atoms with E-state index in [1.54, 1.807) is 0 Å². The molecule has 20 heteroatoms. The molecule has 0 aromatic heterocycles. The molecule has 42 heavy (non-hydrogen) atoms. The maximum atomic E-state index is 14.4. The van der Waals surface area contributed by atoms with Gasteiger partial charge in [0, 0.05) is 5.57 Å². The fourth-order valence-electron chi connectivity index (χ4n) is 2.55. The summed E-state index contributed by atoms with van der Waals surface area (Å²) in [6.07, 6.45) is -22.1. The van der Waals surface area contributed by atoms with Crippen LogP contribution in [0.1, 0.15) is 40.0 Å². The number of alkyl halides is 10. The van der Waals surface area contributed by atoms with Crippen molar-refractivity contribution in [2.24, 2.45) is 0 Å². The monoisotopic (exact) mass is 638 g/mol. The van der Waals surface area contributed by atoms with Gasteiger partial charge in [0.05, 0.1) is 6.42 Å². The second-order valence-corrected chi connectivity index (χ2v) is 8.23. The van der Waals surface area contributed by atoms with Crippen molar-refractivity contribution in [2.75, 3.05) is 13.2 Å². The van der Waals surface area contributed by atoms with E-state index >= 15 is 0 Å². The summed E-state index contributed by atoms with van der Waals surface area (Å²) in [5.74, 6) is -20.7. The lowest BCUT2D eigenvalue weighted by Gasteiger charge is -2.27. The summed E-state index contributed by atoms with van der Waals surface area (Å²) >= 11 is 0. The molecule has 3 unspecified atom stereocenters. The molecule has 0 spiro atoms. The fourth-order valence-corrected chi connectivity index (χ4v) is 2.55. The SMILES string of the molecule is C=C(C)C(=O)OC(CC(=O)OC(CC)C(F)(F)C(=O)OCC(F)(F)F)C(=O)OC(CC)C(F)(F)C(=O)OCC(F)(F)F. The third kappa shape index (κ3) is 12.5. The van der Waals surface area contributed by atoms with Gasteiger partial charge < -0.3 is 23.7 Å². The Bertz CT molecular complexity index is 1010. The van der Waals surface area contributed by atoms with Crippen LogP contribution in [0, 0.1) is 0 Å². The lowest BCUT2D eigenvalue weighted by Crippen LogP contribution is -2.48. The van der Waals surface area contributed by atoms with Gasteiger partial charge in [0.2, 0.25) is 6.10 Å². The second-order valence-electron chi connectivity index (χ2n) is 8.23. The lowest BCUT2D eigenvalue weighted by molar-refractivity contribution is -0.220. The Morgan fingerprint density at radius 1 is 0.667 bits per heavy atom. The average Bonchev–Trinajstić information content (AvgIpc) is 2.85. The Labute approximate surface area is 230 Å². The zero-order chi connectivity index (χ0) is 33.3. The van der Waals surface area contributed by atoms with Gasteiger partial charge in [-0.05, 0) is 19.8 Å². The van der Waals surface area contributed by atoms with Crippen molar-refractivity contribution in [3.63, 3.8) is 0 Å². The Hall–Kier alpha value is -3.61. The van der Waals surface area contributed by atoms with Gasteiger partial charge in [-0.3, -0.25) is 4.79 Å². The molecule has 0 aliphatic rings. The highest BCUT2D eigenvalue weighted by Gasteiger charge is 2.53. The van der Waals surface area contributed by atoms with Crippen LogP contribution >= 0.6 is 0 Å². The minimum absolute atomic E-state index is 0.459. The minimum atomic E-state index is -5.20. The number of hydrogen-bond donors (Lipinski definition) is 0. The molecule has 0 saturated carbocycles. The number of carbonyl (C=O) groups is 5. The molecule has 0 rings (SSSR count). The number of esters is 5. The summed E-state index contributed by atoms with van der Waals surface area (Å²) < 4.78 is 151. The molecule has 0 heterocycles. The summed E-state index contributed by atoms with van der Waals surface area (Å²) in [4.78, 5) is 59.6. The molecule has 0 amide bonds. The summed E-state index contributed by atoms with van der Waals surface area (Å²) in [7, 11) is 0. The molecule has 3 atom stereocenters. The van der Waals surface area contributed by atoms with Crippen molar-refractivity contribution in [3.8, 4) is 0 Å². The van der Waals surface area contributed by atoms with E-state index in [2.05, 4.69) is 30.3 Å². The summed E-state index contributed by atoms with van der Waals surface area (Å²) in [6, 6.07) is 0. The van der Waals surface area contributed by atoms with Crippen molar-refractivity contribution < 1.29 is 91.6 Å². The molecule has 0 aliphatic carbocycles. The molecule has 0 aliphatic heterocycles. The van der Waals surface area contributed by atoms with Crippen LogP contribution in [-0.4, -0.2) is 85.6 Å². The predicted molar refractivity (Wildman–Crippen MR) is 114 cm³/mol. The standard InChI is InChI=1S/C22H24F10O10/c1-5-12(21(29,30)17(36)38-8-19(23,24)25)41-14(33)7-11(40-15(34)10(3)4)16(35)42-13(6-2)22(31,32)18(37)39-9-20(26,27)28/h11-13H,3,5-9H2,1-2,4H3. The molecular formula is C22H24F10O10. The number of rotatable bonds is 15. The smallest absolute Gasteiger partial charge is 0.422 e. The fraction of sp³-hybridized carbons (Fsp3) is 0.682. The summed E-state index contributed by atoms with van der Waals surface area (Å²) in [6.45, 7) is 1.05. The Morgan fingerprint density at radius 3 is 1.38 bits per heavy atom. The predicted octanol–water partition coefficient (Wildman–Crippen LogP) is 3.99. The first-order chi connectivity index (χ1) is 18.9. The normalized spacial score (nSPS) is 14.6. The summed E-state index contributed by atoms with van der Waals surface area (Å²) in [5.41, 5.74) is -0.459. The highest BCUT2D eigenvalue weighted by atomic mass is 19.4. The van der Waals surface area contributed by atoms with Gasteiger partial charge in [0.1, 0.15) is 0 Å². The highest BCUT2D eigenvalue weighted by Crippen LogP contribution is 2.30. The van der Waals surface area contributed by atoms with Crippen LogP contribution in [0.3, 0.4) is 0 Å². The largest absolute Gasteiger partial charge is 0.455 e. The second kappa shape index (κ2) is 15.0. The van der Waals surface area contributed by atoms with Crippen molar-refractivity contribution in [3.05, 3.63) is 12.2 Å². The van der Waals surface area contributed by atoms with Crippen molar-refractivity contribution in [1.82, 2.24) is 0 Å². The van der Waals surface area contributed by atoms with Gasteiger partial charge in [0.15, 0.2) is 25.4 Å². The van der Waals surface area contributed by atoms with E-state index in [0.29, 0.717) is 0 Å². The molecule has 242 valence electrons. The molecule has 0 N–H and O–H groups in total. The zero-order valence-corrected chi connectivity index (χ0v) is 21.8. The molecule has 0 bridgehead atoms. The maximum Gasteiger partial charge on any atom is 0.422 e. The van der Waals surface area contributed by atoms with Crippen molar-refractivity contribution >= 4 is 29.8 Å². The van der Waals surface area contributed by atoms with Gasteiger partial charge in [-0.15, -0.1) is 0 Å². The number of ether oxygens (including phenoxy) is 5. The first-order valence-electron chi connectivity index (χ1n) is 11.4. The van der Waals surface area contributed by atoms with Crippen LogP contribution in [0.5, 0.6) is 0 Å². The van der Waals surface area contributed by atoms with E-state index in [-0.39, 0.29) is 0 Å². The van der Waals surface area contributed by atoms with Gasteiger partial charge in [-0.25, -0.2) is 19.2 Å². The maximum absolute atomic E-state index is 14.4. The van der Waals surface area contributed by atoms with Gasteiger partial charge in [-0.2, -0.15) is 43.9 Å². The quantitative estimate of drug-likeness (QED) is 0.112. The number of halogens is 10. The molecule has 0 saturated heterocycles. The van der Waals surface area contributed by atoms with Crippen molar-refractivity contribution in [1.29, 1.82) is 0 Å². The van der Waals surface area contributed by atoms with Crippen LogP contribution < -0.4 is 0 Å². The van der Waals surface area contributed by atoms with Gasteiger partial charge >= 0.3 is 54.0 Å². The van der Waals surface area contributed by atoms with E-state index in [9.17, 15) is 67.9 Å². The molecule has 10 nitrogen and oxygen atoms in total. The van der Waals surface area contributed by atoms with E-state index in [1.807, 2.05) is 0 Å². The lowest BCUT2D eigenvalue weighted by atomic mass is 10.1. The Morgan fingerprint density at radius 2 is 1.05 bits per heavy atom. The molecule has 0 aromatic carbocycles. The van der Waals surface area contributed by atoms with Crippen LogP contribution in [0.4, 0.5) is 43.9 Å². The Kier molecular flexibility index (Phi) is 13.7. The van der Waals surface area contributed by atoms with Crippen LogP contribution in [-0.2, 0) is 47.7 Å². The first kappa shape index (κ1) is 38.4. The first-order valence-corrected chi connectivity index (χ1v) is 11.4. The Balaban J connectivity index is 5.84. The van der Waals surface area contributed by atoms with E-state index < -0.39 is 110 Å². The zero-order valence-electron chi connectivity index (χ0n) is 21.8. The van der Waals surface area contributed by atoms with Crippen molar-refractivity contribution in [2.45, 2.75) is 82.5 Å². The molecule has 0 aromatic rings. The van der Waals surface area contributed by atoms with E-state index in [4.69, 9.17) is 0 Å². The third-order valence-corrected chi connectivity index (χ3v) is 4.57. The molecule has 0 fully saturated rings. The van der Waals surface area contributed by atoms with E-state index in [0.717, 1.165) is 20.8 Å². The van der Waals surface area contributed by atoms with Crippen LogP contribution in [0.2, 0.25) is 0 Å². The molecule has 0 radical (unpaired) electrons. The highest BCUT2D eigenvalue weighted by molar-refractivity contribution is 5.91. The van der Waals surface area contributed by atoms with Crippen LogP contribution in [0.15, 0.2) is 12.2 Å². The van der Waals surface area contributed by atoms with Gasteiger partial charge in [0.25, 0.3) is 0 Å². The van der Waals surface area contributed by atoms with Crippen LogP contribution in [0.25, 0.3) is 0 Å². The van der Waals surface area contributed by atoms with Gasteiger partial charge in [-0.1, -0.05) is 20.4 Å². The third-order valence-electron chi connectivity index (χ3n) is 4.57.